The summed E-state index contributed by atoms with van der Waals surface area (Å²) in [5.41, 5.74) is 0.907. The van der Waals surface area contributed by atoms with Gasteiger partial charge in [-0.15, -0.1) is 0 Å². The fourth-order valence-electron chi connectivity index (χ4n) is 1.03. The molecule has 0 fully saturated rings. The molecule has 0 radical (unpaired) electrons. The predicted molar refractivity (Wildman–Crippen MR) is 60.9 cm³/mol. The molecule has 16 heavy (non-hydrogen) atoms. The Kier molecular flexibility index (Phi) is 5.78. The summed E-state index contributed by atoms with van der Waals surface area (Å²) in [6.45, 7) is 0.409. The third-order valence-corrected chi connectivity index (χ3v) is 2.42. The monoisotopic (exact) mass is 243 g/mol. The Morgan fingerprint density at radius 3 is 2.62 bits per heavy atom. The van der Waals surface area contributed by atoms with Gasteiger partial charge in [0, 0.05) is 12.7 Å². The highest BCUT2D eigenvalue weighted by Crippen LogP contribution is 2.20. The molecule has 1 rings (SSSR count). The summed E-state index contributed by atoms with van der Waals surface area (Å²) in [5.74, 6) is 0. The van der Waals surface area contributed by atoms with Crippen molar-refractivity contribution in [3.05, 3.63) is 35.9 Å². The van der Waals surface area contributed by atoms with Crippen LogP contribution < -0.4 is 5.32 Å². The van der Waals surface area contributed by atoms with E-state index in [4.69, 9.17) is 14.5 Å². The number of amides is 1. The van der Waals surface area contributed by atoms with Gasteiger partial charge in [-0.25, -0.2) is 4.79 Å². The maximum atomic E-state index is 11.1. The molecule has 88 valence electrons. The second kappa shape index (κ2) is 7.17. The van der Waals surface area contributed by atoms with Gasteiger partial charge >= 0.3 is 6.09 Å². The summed E-state index contributed by atoms with van der Waals surface area (Å²) in [7, 11) is -1.95. The van der Waals surface area contributed by atoms with Crippen molar-refractivity contribution in [2.45, 2.75) is 6.61 Å². The molecule has 6 heteroatoms. The SMILES string of the molecule is O=C(NCCP(O)O)OCc1ccccc1. The molecule has 1 aromatic carbocycles. The first-order valence-corrected chi connectivity index (χ1v) is 6.21. The van der Waals surface area contributed by atoms with E-state index in [1.807, 2.05) is 30.3 Å². The number of benzene rings is 1. The van der Waals surface area contributed by atoms with Crippen molar-refractivity contribution >= 4 is 14.5 Å². The first-order chi connectivity index (χ1) is 7.68. The topological polar surface area (TPSA) is 78.8 Å². The number of hydrogen-bond donors (Lipinski definition) is 3. The van der Waals surface area contributed by atoms with Gasteiger partial charge in [-0.1, -0.05) is 30.3 Å². The van der Waals surface area contributed by atoms with Crippen LogP contribution in [0, 0.1) is 0 Å². The van der Waals surface area contributed by atoms with Crippen molar-refractivity contribution < 1.29 is 19.3 Å². The molecular weight excluding hydrogens is 229 g/mol. The molecule has 0 aliphatic carbocycles. The molecule has 0 aliphatic rings. The third kappa shape index (κ3) is 5.66. The van der Waals surface area contributed by atoms with Crippen LogP contribution >= 0.6 is 8.38 Å². The number of nitrogens with one attached hydrogen (secondary N) is 1. The molecule has 0 aromatic heterocycles. The van der Waals surface area contributed by atoms with Crippen molar-refractivity contribution in [1.82, 2.24) is 5.32 Å². The molecule has 0 aliphatic heterocycles. The minimum atomic E-state index is -1.95. The lowest BCUT2D eigenvalue weighted by Crippen LogP contribution is -2.26. The van der Waals surface area contributed by atoms with Gasteiger partial charge in [-0.05, 0) is 5.56 Å². The zero-order valence-electron chi connectivity index (χ0n) is 8.67. The van der Waals surface area contributed by atoms with Crippen LogP contribution in [0.3, 0.4) is 0 Å². The normalized spacial score (nSPS) is 10.2. The average molecular weight is 243 g/mol. The zero-order valence-corrected chi connectivity index (χ0v) is 9.56. The lowest BCUT2D eigenvalue weighted by Gasteiger charge is -2.07. The smallest absolute Gasteiger partial charge is 0.407 e. The van der Waals surface area contributed by atoms with Gasteiger partial charge in [0.2, 0.25) is 0 Å². The van der Waals surface area contributed by atoms with Gasteiger partial charge in [0.25, 0.3) is 0 Å². The quantitative estimate of drug-likeness (QED) is 0.679. The fourth-order valence-corrected chi connectivity index (χ4v) is 1.34. The predicted octanol–water partition coefficient (Wildman–Crippen LogP) is 1.21. The minimum absolute atomic E-state index is 0.149. The molecule has 0 spiro atoms. The Morgan fingerprint density at radius 1 is 1.31 bits per heavy atom. The van der Waals surface area contributed by atoms with Crippen molar-refractivity contribution in [3.63, 3.8) is 0 Å². The van der Waals surface area contributed by atoms with Crippen LogP contribution in [0.25, 0.3) is 0 Å². The van der Waals surface area contributed by atoms with Crippen LogP contribution in [-0.2, 0) is 11.3 Å². The highest BCUT2D eigenvalue weighted by atomic mass is 31.2. The maximum Gasteiger partial charge on any atom is 0.407 e. The Morgan fingerprint density at radius 2 is 2.00 bits per heavy atom. The van der Waals surface area contributed by atoms with Crippen molar-refractivity contribution in [2.75, 3.05) is 12.7 Å². The van der Waals surface area contributed by atoms with E-state index < -0.39 is 14.5 Å². The maximum absolute atomic E-state index is 11.1. The van der Waals surface area contributed by atoms with E-state index in [2.05, 4.69) is 5.32 Å². The zero-order chi connectivity index (χ0) is 11.8. The largest absolute Gasteiger partial charge is 0.445 e. The van der Waals surface area contributed by atoms with E-state index in [-0.39, 0.29) is 19.3 Å². The van der Waals surface area contributed by atoms with Gasteiger partial charge in [0.15, 0.2) is 8.38 Å². The molecule has 0 saturated heterocycles. The van der Waals surface area contributed by atoms with E-state index in [1.165, 1.54) is 0 Å². The average Bonchev–Trinajstić information content (AvgIpc) is 2.27. The van der Waals surface area contributed by atoms with Crippen molar-refractivity contribution in [3.8, 4) is 0 Å². The molecule has 1 aromatic rings. The molecule has 0 heterocycles. The van der Waals surface area contributed by atoms with Gasteiger partial charge < -0.3 is 19.8 Å². The van der Waals surface area contributed by atoms with E-state index in [0.717, 1.165) is 5.56 Å². The number of rotatable bonds is 5. The molecule has 0 saturated carbocycles. The van der Waals surface area contributed by atoms with Crippen LogP contribution in [0.5, 0.6) is 0 Å². The van der Waals surface area contributed by atoms with E-state index >= 15 is 0 Å². The lowest BCUT2D eigenvalue weighted by atomic mass is 10.2. The molecular formula is C10H14NO4P. The van der Waals surface area contributed by atoms with Gasteiger partial charge in [-0.3, -0.25) is 0 Å². The van der Waals surface area contributed by atoms with E-state index in [0.29, 0.717) is 0 Å². The highest BCUT2D eigenvalue weighted by molar-refractivity contribution is 7.45. The summed E-state index contributed by atoms with van der Waals surface area (Å²) in [4.78, 5) is 28.3. The molecule has 0 atom stereocenters. The second-order valence-corrected chi connectivity index (χ2v) is 4.28. The van der Waals surface area contributed by atoms with Crippen molar-refractivity contribution in [1.29, 1.82) is 0 Å². The number of carbonyl (C=O) groups is 1. The van der Waals surface area contributed by atoms with Crippen LogP contribution in [-0.4, -0.2) is 28.6 Å². The van der Waals surface area contributed by atoms with Gasteiger partial charge in [0.05, 0.1) is 0 Å². The van der Waals surface area contributed by atoms with Crippen molar-refractivity contribution in [2.24, 2.45) is 0 Å². The fraction of sp³-hybridized carbons (Fsp3) is 0.300. The summed E-state index contributed by atoms with van der Waals surface area (Å²) in [6, 6.07) is 9.32. The summed E-state index contributed by atoms with van der Waals surface area (Å²) in [5, 5.41) is 2.42. The highest BCUT2D eigenvalue weighted by Gasteiger charge is 2.03. The van der Waals surface area contributed by atoms with E-state index in [9.17, 15) is 4.79 Å². The summed E-state index contributed by atoms with van der Waals surface area (Å²) >= 11 is 0. The lowest BCUT2D eigenvalue weighted by molar-refractivity contribution is 0.140. The molecule has 5 nitrogen and oxygen atoms in total. The van der Waals surface area contributed by atoms with Crippen LogP contribution in [0.2, 0.25) is 0 Å². The Hall–Kier alpha value is -1.16. The summed E-state index contributed by atoms with van der Waals surface area (Å²) in [6.07, 6.45) is -0.406. The first-order valence-electron chi connectivity index (χ1n) is 4.78. The second-order valence-electron chi connectivity index (χ2n) is 3.08. The van der Waals surface area contributed by atoms with Crippen LogP contribution in [0.15, 0.2) is 30.3 Å². The Balaban J connectivity index is 2.16. The molecule has 0 bridgehead atoms. The minimum Gasteiger partial charge on any atom is -0.445 e. The first kappa shape index (κ1) is 12.9. The number of carbonyl (C=O) groups excluding carboxylic acids is 1. The van der Waals surface area contributed by atoms with E-state index in [1.54, 1.807) is 0 Å². The molecule has 0 unspecified atom stereocenters. The Labute approximate surface area is 95.0 Å². The van der Waals surface area contributed by atoms with Gasteiger partial charge in [0.1, 0.15) is 6.61 Å². The van der Waals surface area contributed by atoms with Crippen LogP contribution in [0.4, 0.5) is 4.79 Å². The standard InChI is InChI=1S/C10H14NO4P/c12-10(11-6-7-16(13)14)15-8-9-4-2-1-3-5-9/h1-5,13-14H,6-8H2,(H,11,12). The molecule has 1 amide bonds. The summed E-state index contributed by atoms with van der Waals surface area (Å²) < 4.78 is 4.90. The molecule has 3 N–H and O–H groups in total. The van der Waals surface area contributed by atoms with Crippen LogP contribution in [0.1, 0.15) is 5.56 Å². The number of alkyl carbamates (subject to hydrolysis) is 1. The Bertz CT molecular complexity index is 318. The number of ether oxygens (including phenoxy) is 1. The third-order valence-electron chi connectivity index (χ3n) is 1.79. The van der Waals surface area contributed by atoms with Gasteiger partial charge in [-0.2, -0.15) is 0 Å². The number of hydrogen-bond acceptors (Lipinski definition) is 4.